The van der Waals surface area contributed by atoms with Gasteiger partial charge in [0, 0.05) is 42.4 Å². The van der Waals surface area contributed by atoms with Crippen LogP contribution in [0.2, 0.25) is 0 Å². The zero-order chi connectivity index (χ0) is 17.1. The lowest BCUT2D eigenvalue weighted by Crippen LogP contribution is -2.32. The first kappa shape index (κ1) is 15.8. The van der Waals surface area contributed by atoms with Crippen molar-refractivity contribution in [2.75, 3.05) is 24.5 Å². The van der Waals surface area contributed by atoms with Crippen LogP contribution in [0.4, 0.5) is 5.69 Å². The van der Waals surface area contributed by atoms with Crippen molar-refractivity contribution in [2.24, 2.45) is 5.92 Å². The fourth-order valence-electron chi connectivity index (χ4n) is 3.64. The largest absolute Gasteiger partial charge is 0.371 e. The number of carbonyl (C=O) groups is 1. The summed E-state index contributed by atoms with van der Waals surface area (Å²) in [5, 5.41) is 4.25. The first-order valence-corrected chi connectivity index (χ1v) is 8.91. The van der Waals surface area contributed by atoms with Crippen molar-refractivity contribution in [3.63, 3.8) is 0 Å². The van der Waals surface area contributed by atoms with Gasteiger partial charge in [-0.05, 0) is 36.1 Å². The van der Waals surface area contributed by atoms with E-state index in [9.17, 15) is 4.79 Å². The molecule has 4 heteroatoms. The molecular formula is C21H23N3O. The Kier molecular flexibility index (Phi) is 4.42. The lowest BCUT2D eigenvalue weighted by atomic mass is 10.1. The van der Waals surface area contributed by atoms with Crippen molar-refractivity contribution in [1.82, 2.24) is 10.3 Å². The molecule has 0 unspecified atom stereocenters. The molecule has 3 aromatic rings. The molecule has 1 aliphatic rings. The average molecular weight is 333 g/mol. The van der Waals surface area contributed by atoms with E-state index in [0.717, 1.165) is 42.5 Å². The zero-order valence-electron chi connectivity index (χ0n) is 14.2. The minimum Gasteiger partial charge on any atom is -0.371 e. The van der Waals surface area contributed by atoms with Crippen LogP contribution in [0, 0.1) is 5.92 Å². The van der Waals surface area contributed by atoms with Crippen LogP contribution in [0.15, 0.2) is 60.8 Å². The molecule has 1 fully saturated rings. The second kappa shape index (κ2) is 7.01. The number of anilines is 1. The molecule has 1 saturated heterocycles. The third-order valence-corrected chi connectivity index (χ3v) is 5.02. The van der Waals surface area contributed by atoms with E-state index < -0.39 is 0 Å². The molecular weight excluding hydrogens is 310 g/mol. The molecule has 2 aromatic carbocycles. The lowest BCUT2D eigenvalue weighted by Gasteiger charge is -2.18. The van der Waals surface area contributed by atoms with E-state index in [-0.39, 0.29) is 5.91 Å². The minimum absolute atomic E-state index is 0.0999. The summed E-state index contributed by atoms with van der Waals surface area (Å²) in [6.07, 6.45) is 3.50. The fraction of sp³-hybridized carbons (Fsp3) is 0.286. The smallest absolute Gasteiger partial charge is 0.224 e. The maximum atomic E-state index is 12.3. The van der Waals surface area contributed by atoms with Crippen LogP contribution in [0.3, 0.4) is 0 Å². The first-order chi connectivity index (χ1) is 12.3. The number of aromatic nitrogens is 1. The van der Waals surface area contributed by atoms with Crippen LogP contribution < -0.4 is 10.2 Å². The first-order valence-electron chi connectivity index (χ1n) is 8.91. The monoisotopic (exact) mass is 333 g/mol. The van der Waals surface area contributed by atoms with Gasteiger partial charge in [0.25, 0.3) is 0 Å². The Balaban J connectivity index is 1.29. The molecule has 0 bridgehead atoms. The topological polar surface area (TPSA) is 48.1 Å². The third-order valence-electron chi connectivity index (χ3n) is 5.02. The van der Waals surface area contributed by atoms with Crippen molar-refractivity contribution in [1.29, 1.82) is 0 Å². The van der Waals surface area contributed by atoms with E-state index in [1.165, 1.54) is 5.69 Å². The van der Waals surface area contributed by atoms with E-state index >= 15 is 0 Å². The second-order valence-corrected chi connectivity index (χ2v) is 6.78. The van der Waals surface area contributed by atoms with Gasteiger partial charge in [-0.15, -0.1) is 0 Å². The minimum atomic E-state index is 0.0999. The molecule has 0 spiro atoms. The molecule has 1 atom stereocenters. The standard InChI is InChI=1S/C21H23N3O/c25-21(12-17-14-22-20-9-5-4-8-19(17)20)23-13-16-10-11-24(15-16)18-6-2-1-3-7-18/h1-9,14,16,22H,10-13,15H2,(H,23,25)/t16-/m0/s1. The fourth-order valence-corrected chi connectivity index (χ4v) is 3.64. The van der Waals surface area contributed by atoms with Crippen LogP contribution >= 0.6 is 0 Å². The second-order valence-electron chi connectivity index (χ2n) is 6.78. The summed E-state index contributed by atoms with van der Waals surface area (Å²) in [4.78, 5) is 18.0. The number of hydrogen-bond acceptors (Lipinski definition) is 2. The lowest BCUT2D eigenvalue weighted by molar-refractivity contribution is -0.120. The molecule has 4 nitrogen and oxygen atoms in total. The highest BCUT2D eigenvalue weighted by molar-refractivity contribution is 5.88. The van der Waals surface area contributed by atoms with E-state index in [1.807, 2.05) is 30.5 Å². The Hall–Kier alpha value is -2.75. The van der Waals surface area contributed by atoms with E-state index in [4.69, 9.17) is 0 Å². The number of hydrogen-bond donors (Lipinski definition) is 2. The Morgan fingerprint density at radius 3 is 2.80 bits per heavy atom. The Morgan fingerprint density at radius 1 is 1.12 bits per heavy atom. The van der Waals surface area contributed by atoms with Gasteiger partial charge in [0.2, 0.25) is 5.91 Å². The van der Waals surface area contributed by atoms with E-state index in [2.05, 4.69) is 45.5 Å². The number of aromatic amines is 1. The summed E-state index contributed by atoms with van der Waals surface area (Å²) in [6.45, 7) is 2.83. The Morgan fingerprint density at radius 2 is 1.92 bits per heavy atom. The van der Waals surface area contributed by atoms with Gasteiger partial charge in [-0.2, -0.15) is 0 Å². The maximum absolute atomic E-state index is 12.3. The van der Waals surface area contributed by atoms with Crippen molar-refractivity contribution in [3.8, 4) is 0 Å². The van der Waals surface area contributed by atoms with Crippen molar-refractivity contribution in [2.45, 2.75) is 12.8 Å². The summed E-state index contributed by atoms with van der Waals surface area (Å²) in [6, 6.07) is 18.6. The number of nitrogens with zero attached hydrogens (tertiary/aromatic N) is 1. The molecule has 0 radical (unpaired) electrons. The normalized spacial score (nSPS) is 17.1. The summed E-state index contributed by atoms with van der Waals surface area (Å²) in [5.74, 6) is 0.620. The summed E-state index contributed by atoms with van der Waals surface area (Å²) in [5.41, 5.74) is 3.42. The molecule has 1 amide bonds. The number of H-pyrrole nitrogens is 1. The molecule has 2 N–H and O–H groups in total. The van der Waals surface area contributed by atoms with Crippen molar-refractivity contribution >= 4 is 22.5 Å². The van der Waals surface area contributed by atoms with Crippen LogP contribution in [0.25, 0.3) is 10.9 Å². The number of amides is 1. The van der Waals surface area contributed by atoms with Crippen LogP contribution in [0.5, 0.6) is 0 Å². The Labute approximate surface area is 147 Å². The van der Waals surface area contributed by atoms with Gasteiger partial charge in [-0.3, -0.25) is 4.79 Å². The third kappa shape index (κ3) is 3.53. The molecule has 2 heterocycles. The van der Waals surface area contributed by atoms with Gasteiger partial charge in [0.15, 0.2) is 0 Å². The summed E-state index contributed by atoms with van der Waals surface area (Å²) < 4.78 is 0. The molecule has 4 rings (SSSR count). The molecule has 25 heavy (non-hydrogen) atoms. The van der Waals surface area contributed by atoms with Gasteiger partial charge < -0.3 is 15.2 Å². The number of carbonyl (C=O) groups excluding carboxylic acids is 1. The maximum Gasteiger partial charge on any atom is 0.224 e. The van der Waals surface area contributed by atoms with Crippen LogP contribution in [-0.2, 0) is 11.2 Å². The van der Waals surface area contributed by atoms with Gasteiger partial charge in [-0.1, -0.05) is 36.4 Å². The molecule has 0 aliphatic carbocycles. The number of para-hydroxylation sites is 2. The molecule has 1 aromatic heterocycles. The Bertz CT molecular complexity index is 856. The number of benzene rings is 2. The predicted octanol–water partition coefficient (Wildman–Crippen LogP) is 3.35. The average Bonchev–Trinajstić information content (AvgIpc) is 3.28. The van der Waals surface area contributed by atoms with Crippen LogP contribution in [-0.4, -0.2) is 30.5 Å². The molecule has 0 saturated carbocycles. The van der Waals surface area contributed by atoms with Gasteiger partial charge >= 0.3 is 0 Å². The predicted molar refractivity (Wildman–Crippen MR) is 102 cm³/mol. The SMILES string of the molecule is O=C(Cc1c[nH]c2ccccc12)NC[C@@H]1CCN(c2ccccc2)C1. The van der Waals surface area contributed by atoms with Gasteiger partial charge in [0.1, 0.15) is 0 Å². The zero-order valence-corrected chi connectivity index (χ0v) is 14.2. The van der Waals surface area contributed by atoms with Crippen LogP contribution in [0.1, 0.15) is 12.0 Å². The summed E-state index contributed by atoms with van der Waals surface area (Å²) in [7, 11) is 0. The highest BCUT2D eigenvalue weighted by Crippen LogP contribution is 2.23. The molecule has 1 aliphatic heterocycles. The number of fused-ring (bicyclic) bond motifs is 1. The number of nitrogens with one attached hydrogen (secondary N) is 2. The summed E-state index contributed by atoms with van der Waals surface area (Å²) >= 11 is 0. The van der Waals surface area contributed by atoms with Crippen molar-refractivity contribution < 1.29 is 4.79 Å². The highest BCUT2D eigenvalue weighted by atomic mass is 16.1. The molecule has 128 valence electrons. The quantitative estimate of drug-likeness (QED) is 0.752. The van der Waals surface area contributed by atoms with E-state index in [1.54, 1.807) is 0 Å². The number of rotatable bonds is 5. The van der Waals surface area contributed by atoms with Gasteiger partial charge in [0.05, 0.1) is 6.42 Å². The van der Waals surface area contributed by atoms with Crippen molar-refractivity contribution in [3.05, 3.63) is 66.4 Å². The van der Waals surface area contributed by atoms with Gasteiger partial charge in [-0.25, -0.2) is 0 Å². The highest BCUT2D eigenvalue weighted by Gasteiger charge is 2.23. The van der Waals surface area contributed by atoms with E-state index in [0.29, 0.717) is 12.3 Å².